The molecule has 0 saturated carbocycles. The quantitative estimate of drug-likeness (QED) is 0.610. The van der Waals surface area contributed by atoms with Crippen LogP contribution in [-0.2, 0) is 22.7 Å². The number of likely N-dealkylation sites (tertiary alicyclic amines) is 2. The molecular formula is C20H33N5O4S. The van der Waals surface area contributed by atoms with Gasteiger partial charge in [-0.3, -0.25) is 19.4 Å². The summed E-state index contributed by atoms with van der Waals surface area (Å²) in [5.41, 5.74) is 0.125. The van der Waals surface area contributed by atoms with E-state index in [-0.39, 0.29) is 18.3 Å². The summed E-state index contributed by atoms with van der Waals surface area (Å²) in [7, 11) is 0. The monoisotopic (exact) mass is 439 g/mol. The fourth-order valence-corrected chi connectivity index (χ4v) is 6.45. The van der Waals surface area contributed by atoms with Gasteiger partial charge in [0.25, 0.3) is 6.47 Å². The van der Waals surface area contributed by atoms with E-state index < -0.39 is 5.97 Å². The van der Waals surface area contributed by atoms with E-state index in [1.165, 1.54) is 24.3 Å². The highest BCUT2D eigenvalue weighted by molar-refractivity contribution is 7.99. The number of hydrogen-bond donors (Lipinski definition) is 2. The van der Waals surface area contributed by atoms with Crippen molar-refractivity contribution in [1.29, 1.82) is 0 Å². The first-order valence-electron chi connectivity index (χ1n) is 10.7. The second kappa shape index (κ2) is 10.6. The Hall–Kier alpha value is -1.65. The van der Waals surface area contributed by atoms with E-state index in [4.69, 9.17) is 9.90 Å². The fourth-order valence-electron chi connectivity index (χ4n) is 5.37. The Labute approximate surface area is 181 Å². The van der Waals surface area contributed by atoms with Gasteiger partial charge in [0.15, 0.2) is 0 Å². The molecule has 0 aliphatic carbocycles. The van der Waals surface area contributed by atoms with E-state index in [1.54, 1.807) is 6.33 Å². The molecule has 3 saturated heterocycles. The van der Waals surface area contributed by atoms with Crippen LogP contribution in [-0.4, -0.2) is 90.9 Å². The number of aryl methyl sites for hydroxylation is 1. The number of rotatable bonds is 7. The van der Waals surface area contributed by atoms with E-state index >= 15 is 0 Å². The summed E-state index contributed by atoms with van der Waals surface area (Å²) in [5.74, 6) is 3.47. The first-order chi connectivity index (χ1) is 14.5. The molecule has 0 spiro atoms. The molecule has 0 radical (unpaired) electrons. The third-order valence-electron chi connectivity index (χ3n) is 6.76. The van der Waals surface area contributed by atoms with Gasteiger partial charge in [-0.05, 0) is 43.6 Å². The van der Waals surface area contributed by atoms with Crippen molar-refractivity contribution in [3.63, 3.8) is 0 Å². The number of carbonyl (C=O) groups is 2. The van der Waals surface area contributed by atoms with Crippen LogP contribution in [0.4, 0.5) is 0 Å². The highest BCUT2D eigenvalue weighted by Gasteiger charge is 2.53. The van der Waals surface area contributed by atoms with Gasteiger partial charge in [0, 0.05) is 50.6 Å². The predicted octanol–water partition coefficient (Wildman–Crippen LogP) is 1.49. The van der Waals surface area contributed by atoms with E-state index in [0.717, 1.165) is 51.5 Å². The molecule has 30 heavy (non-hydrogen) atoms. The molecule has 1 aromatic rings. The van der Waals surface area contributed by atoms with Crippen molar-refractivity contribution in [3.05, 3.63) is 12.2 Å². The zero-order valence-corrected chi connectivity index (χ0v) is 18.5. The van der Waals surface area contributed by atoms with Crippen molar-refractivity contribution in [2.24, 2.45) is 11.3 Å². The summed E-state index contributed by atoms with van der Waals surface area (Å²) >= 11 is 2.07. The third-order valence-corrected chi connectivity index (χ3v) is 7.81. The van der Waals surface area contributed by atoms with E-state index in [0.29, 0.717) is 12.0 Å². The number of thioether (sulfide) groups is 1. The minimum absolute atomic E-state index is 0.125. The second-order valence-corrected chi connectivity index (χ2v) is 9.72. The molecule has 0 amide bonds. The van der Waals surface area contributed by atoms with Crippen molar-refractivity contribution in [1.82, 2.24) is 24.6 Å². The third kappa shape index (κ3) is 5.33. The number of carboxylic acid groups (broad SMARTS) is 2. The van der Waals surface area contributed by atoms with Crippen molar-refractivity contribution >= 4 is 24.2 Å². The maximum absolute atomic E-state index is 11.3. The summed E-state index contributed by atoms with van der Waals surface area (Å²) in [6.07, 6.45) is 5.29. The molecule has 2 atom stereocenters. The van der Waals surface area contributed by atoms with Crippen LogP contribution in [0.15, 0.2) is 6.33 Å². The zero-order chi connectivity index (χ0) is 21.6. The van der Waals surface area contributed by atoms with Crippen LogP contribution in [0.3, 0.4) is 0 Å². The maximum atomic E-state index is 11.3. The van der Waals surface area contributed by atoms with Gasteiger partial charge in [-0.15, -0.1) is 0 Å². The maximum Gasteiger partial charge on any atom is 0.303 e. The number of hydrogen-bond acceptors (Lipinski definition) is 7. The summed E-state index contributed by atoms with van der Waals surface area (Å²) < 4.78 is 1.96. The summed E-state index contributed by atoms with van der Waals surface area (Å²) in [4.78, 5) is 29.3. The molecule has 9 nitrogen and oxygen atoms in total. The smallest absolute Gasteiger partial charge is 0.303 e. The van der Waals surface area contributed by atoms with Crippen molar-refractivity contribution < 1.29 is 19.8 Å². The standard InChI is InChI=1S/C19H31N5O2S.CH2O2/c1-2-24-17(20-14-21-24)11-22-9-15-10-23(16-4-7-27-8-5-16)13-19(15,12-22)6-3-18(25)26;2-1-3/h14-16H,2-13H2,1H3,(H,25,26);1H,(H,2,3). The molecule has 3 aliphatic heterocycles. The second-order valence-electron chi connectivity index (χ2n) is 8.49. The van der Waals surface area contributed by atoms with Crippen LogP contribution in [0.2, 0.25) is 0 Å². The molecule has 4 rings (SSSR count). The van der Waals surface area contributed by atoms with Gasteiger partial charge in [-0.1, -0.05) is 0 Å². The molecule has 0 bridgehead atoms. The van der Waals surface area contributed by atoms with Crippen LogP contribution in [0, 0.1) is 11.3 Å². The number of nitrogens with zero attached hydrogens (tertiary/aromatic N) is 5. The van der Waals surface area contributed by atoms with Gasteiger partial charge in [0.1, 0.15) is 12.2 Å². The van der Waals surface area contributed by atoms with E-state index in [1.807, 2.05) is 4.68 Å². The Morgan fingerprint density at radius 1 is 1.33 bits per heavy atom. The van der Waals surface area contributed by atoms with Gasteiger partial charge in [0.2, 0.25) is 0 Å². The van der Waals surface area contributed by atoms with Crippen LogP contribution in [0.5, 0.6) is 0 Å². The topological polar surface area (TPSA) is 112 Å². The Morgan fingerprint density at radius 3 is 2.73 bits per heavy atom. The lowest BCUT2D eigenvalue weighted by molar-refractivity contribution is -0.137. The SMILES string of the molecule is CCn1ncnc1CN1CC2CN(C3CCSCC3)CC2(CCC(=O)O)C1.O=CO. The van der Waals surface area contributed by atoms with Gasteiger partial charge in [-0.25, -0.2) is 9.67 Å². The van der Waals surface area contributed by atoms with Crippen LogP contribution < -0.4 is 0 Å². The lowest BCUT2D eigenvalue weighted by atomic mass is 9.77. The Balaban J connectivity index is 0.000000806. The minimum atomic E-state index is -0.667. The Morgan fingerprint density at radius 2 is 2.07 bits per heavy atom. The number of carboxylic acids is 1. The number of fused-ring (bicyclic) bond motifs is 1. The molecule has 2 unspecified atom stereocenters. The largest absolute Gasteiger partial charge is 0.483 e. The molecular weight excluding hydrogens is 406 g/mol. The molecule has 168 valence electrons. The molecule has 2 N–H and O–H groups in total. The molecule has 10 heteroatoms. The average molecular weight is 440 g/mol. The Kier molecular flexibility index (Phi) is 8.13. The fraction of sp³-hybridized carbons (Fsp3) is 0.800. The molecule has 0 aromatic carbocycles. The zero-order valence-electron chi connectivity index (χ0n) is 17.6. The minimum Gasteiger partial charge on any atom is -0.483 e. The van der Waals surface area contributed by atoms with Gasteiger partial charge < -0.3 is 10.2 Å². The molecule has 4 heterocycles. The van der Waals surface area contributed by atoms with Crippen molar-refractivity contribution in [2.75, 3.05) is 37.7 Å². The number of aliphatic carboxylic acids is 1. The van der Waals surface area contributed by atoms with Crippen LogP contribution in [0.25, 0.3) is 0 Å². The summed E-state index contributed by atoms with van der Waals surface area (Å²) in [5, 5.41) is 20.5. The summed E-state index contributed by atoms with van der Waals surface area (Å²) in [6.45, 7) is 7.73. The van der Waals surface area contributed by atoms with E-state index in [9.17, 15) is 9.90 Å². The van der Waals surface area contributed by atoms with Crippen molar-refractivity contribution in [3.8, 4) is 0 Å². The van der Waals surface area contributed by atoms with Gasteiger partial charge in [0.05, 0.1) is 6.54 Å². The normalized spacial score (nSPS) is 27.4. The Bertz CT molecular complexity index is 711. The molecule has 3 fully saturated rings. The first kappa shape index (κ1) is 23.0. The lowest BCUT2D eigenvalue weighted by Crippen LogP contribution is -2.40. The van der Waals surface area contributed by atoms with Gasteiger partial charge in [-0.2, -0.15) is 16.9 Å². The number of aromatic nitrogens is 3. The summed E-state index contributed by atoms with van der Waals surface area (Å²) in [6, 6.07) is 0.704. The lowest BCUT2D eigenvalue weighted by Gasteiger charge is -2.34. The predicted molar refractivity (Wildman–Crippen MR) is 114 cm³/mol. The highest BCUT2D eigenvalue weighted by atomic mass is 32.2. The molecule has 3 aliphatic rings. The van der Waals surface area contributed by atoms with Crippen molar-refractivity contribution in [2.45, 2.75) is 51.7 Å². The van der Waals surface area contributed by atoms with Crippen LogP contribution >= 0.6 is 11.8 Å². The highest BCUT2D eigenvalue weighted by Crippen LogP contribution is 2.47. The van der Waals surface area contributed by atoms with E-state index in [2.05, 4.69) is 38.6 Å². The van der Waals surface area contributed by atoms with Crippen LogP contribution in [0.1, 0.15) is 38.4 Å². The van der Waals surface area contributed by atoms with Gasteiger partial charge >= 0.3 is 5.97 Å². The average Bonchev–Trinajstić information content (AvgIpc) is 3.40. The molecule has 1 aromatic heterocycles. The first-order valence-corrected chi connectivity index (χ1v) is 11.9.